The number of amides is 1. The number of hydrogen-bond acceptors (Lipinski definition) is 3. The molecule has 0 radical (unpaired) electrons. The molecule has 0 aromatic heterocycles. The molecule has 0 spiro atoms. The van der Waals surface area contributed by atoms with Crippen molar-refractivity contribution in [1.29, 1.82) is 0 Å². The number of anilines is 1. The summed E-state index contributed by atoms with van der Waals surface area (Å²) in [5, 5.41) is 9.58. The van der Waals surface area contributed by atoms with Gasteiger partial charge in [-0.15, -0.1) is 24.0 Å². The van der Waals surface area contributed by atoms with Crippen molar-refractivity contribution in [2.45, 2.75) is 39.8 Å². The van der Waals surface area contributed by atoms with E-state index in [1.807, 2.05) is 56.3 Å². The average molecular weight is 536 g/mol. The van der Waals surface area contributed by atoms with E-state index in [0.29, 0.717) is 13.1 Å². The summed E-state index contributed by atoms with van der Waals surface area (Å²) in [7, 11) is 1.76. The van der Waals surface area contributed by atoms with E-state index in [1.165, 1.54) is 12.8 Å². The van der Waals surface area contributed by atoms with Gasteiger partial charge in [0.25, 0.3) is 0 Å². The molecule has 7 heteroatoms. The lowest BCUT2D eigenvalue weighted by molar-refractivity contribution is -0.118. The smallest absolute Gasteiger partial charge is 0.226 e. The zero-order valence-corrected chi connectivity index (χ0v) is 20.8. The second-order valence-corrected chi connectivity index (χ2v) is 7.98. The van der Waals surface area contributed by atoms with Crippen molar-refractivity contribution in [2.24, 2.45) is 16.8 Å². The van der Waals surface area contributed by atoms with Crippen LogP contribution in [0.2, 0.25) is 0 Å². The fourth-order valence-electron chi connectivity index (χ4n) is 2.86. The lowest BCUT2D eigenvalue weighted by Gasteiger charge is -2.15. The van der Waals surface area contributed by atoms with Crippen LogP contribution in [0.4, 0.5) is 5.69 Å². The molecule has 2 aromatic carbocycles. The molecule has 1 aliphatic rings. The second kappa shape index (κ2) is 12.5. The maximum Gasteiger partial charge on any atom is 0.226 e. The van der Waals surface area contributed by atoms with Crippen LogP contribution in [0.15, 0.2) is 53.5 Å². The Kier molecular flexibility index (Phi) is 10.1. The largest absolute Gasteiger partial charge is 0.493 e. The van der Waals surface area contributed by atoms with Gasteiger partial charge in [-0.2, -0.15) is 0 Å². The number of halogens is 1. The highest BCUT2D eigenvalue weighted by atomic mass is 127. The third-order valence-corrected chi connectivity index (χ3v) is 5.02. The third-order valence-electron chi connectivity index (χ3n) is 5.02. The average Bonchev–Trinajstić information content (AvgIpc) is 3.58. The molecule has 0 bridgehead atoms. The molecule has 0 aliphatic heterocycles. The number of rotatable bonds is 9. The summed E-state index contributed by atoms with van der Waals surface area (Å²) in [6.07, 6.45) is 2.56. The van der Waals surface area contributed by atoms with Crippen molar-refractivity contribution in [3.05, 3.63) is 59.7 Å². The number of hydrogen-bond donors (Lipinski definition) is 3. The van der Waals surface area contributed by atoms with Gasteiger partial charge in [0.1, 0.15) is 5.75 Å². The highest BCUT2D eigenvalue weighted by Crippen LogP contribution is 2.30. The van der Waals surface area contributed by atoms with Crippen LogP contribution >= 0.6 is 24.0 Å². The topological polar surface area (TPSA) is 74.8 Å². The van der Waals surface area contributed by atoms with Gasteiger partial charge in [-0.1, -0.05) is 44.2 Å². The monoisotopic (exact) mass is 536 g/mol. The highest BCUT2D eigenvalue weighted by molar-refractivity contribution is 14.0. The van der Waals surface area contributed by atoms with Crippen LogP contribution in [0.3, 0.4) is 0 Å². The van der Waals surface area contributed by atoms with Gasteiger partial charge in [0.2, 0.25) is 5.91 Å². The minimum atomic E-state index is -0.0371. The lowest BCUT2D eigenvalue weighted by Crippen LogP contribution is -2.36. The van der Waals surface area contributed by atoms with Gasteiger partial charge in [-0.05, 0) is 42.5 Å². The standard InChI is InChI=1S/C24H32N4O2.HI/c1-17(2)23(29)28-21-12-10-18(11-13-21)14-26-24(25-3)27-15-20-6-4-5-7-22(20)30-16-19-8-9-19;/h4-7,10-13,17,19H,8-9,14-16H2,1-3H3,(H,28,29)(H2,25,26,27);1H. The summed E-state index contributed by atoms with van der Waals surface area (Å²) in [5.41, 5.74) is 3.03. The van der Waals surface area contributed by atoms with Gasteiger partial charge in [-0.3, -0.25) is 9.79 Å². The van der Waals surface area contributed by atoms with Gasteiger partial charge in [0, 0.05) is 37.3 Å². The summed E-state index contributed by atoms with van der Waals surface area (Å²) in [4.78, 5) is 16.1. The summed E-state index contributed by atoms with van der Waals surface area (Å²) < 4.78 is 5.98. The van der Waals surface area contributed by atoms with Gasteiger partial charge >= 0.3 is 0 Å². The van der Waals surface area contributed by atoms with Crippen LogP contribution in [-0.2, 0) is 17.9 Å². The number of benzene rings is 2. The molecule has 1 saturated carbocycles. The minimum absolute atomic E-state index is 0. The molecule has 2 aromatic rings. The second-order valence-electron chi connectivity index (χ2n) is 7.98. The molecular formula is C24H33IN4O2. The van der Waals surface area contributed by atoms with Crippen molar-refractivity contribution in [1.82, 2.24) is 10.6 Å². The van der Waals surface area contributed by atoms with Crippen molar-refractivity contribution >= 4 is 41.5 Å². The van der Waals surface area contributed by atoms with E-state index in [0.717, 1.165) is 41.0 Å². The Morgan fingerprint density at radius 2 is 1.74 bits per heavy atom. The normalized spacial score (nSPS) is 13.4. The Balaban J connectivity index is 0.00000341. The van der Waals surface area contributed by atoms with Crippen LogP contribution in [-0.4, -0.2) is 25.5 Å². The van der Waals surface area contributed by atoms with Crippen LogP contribution in [0.1, 0.15) is 37.8 Å². The predicted octanol–water partition coefficient (Wildman–Crippen LogP) is 4.55. The van der Waals surface area contributed by atoms with E-state index in [1.54, 1.807) is 7.05 Å². The van der Waals surface area contributed by atoms with E-state index >= 15 is 0 Å². The van der Waals surface area contributed by atoms with E-state index in [2.05, 4.69) is 27.0 Å². The molecule has 1 amide bonds. The first kappa shape index (κ1) is 25.0. The molecule has 0 unspecified atom stereocenters. The van der Waals surface area contributed by atoms with E-state index < -0.39 is 0 Å². The Morgan fingerprint density at radius 1 is 1.06 bits per heavy atom. The third kappa shape index (κ3) is 8.40. The molecule has 0 heterocycles. The van der Waals surface area contributed by atoms with Crippen molar-refractivity contribution in [3.63, 3.8) is 0 Å². The molecule has 168 valence electrons. The molecule has 0 atom stereocenters. The van der Waals surface area contributed by atoms with Gasteiger partial charge in [0.15, 0.2) is 5.96 Å². The fourth-order valence-corrected chi connectivity index (χ4v) is 2.86. The SMILES string of the molecule is CN=C(NCc1ccc(NC(=O)C(C)C)cc1)NCc1ccccc1OCC1CC1.I. The number of carbonyl (C=O) groups excluding carboxylic acids is 1. The Labute approximate surface area is 202 Å². The summed E-state index contributed by atoms with van der Waals surface area (Å²) in [5.74, 6) is 2.37. The maximum atomic E-state index is 11.8. The van der Waals surface area contributed by atoms with Crippen LogP contribution in [0, 0.1) is 11.8 Å². The fraction of sp³-hybridized carbons (Fsp3) is 0.417. The molecule has 31 heavy (non-hydrogen) atoms. The molecule has 1 fully saturated rings. The summed E-state index contributed by atoms with van der Waals surface area (Å²) in [6.45, 7) is 5.84. The number of para-hydroxylation sites is 1. The van der Waals surface area contributed by atoms with Gasteiger partial charge in [0.05, 0.1) is 6.61 Å². The first-order valence-corrected chi connectivity index (χ1v) is 10.6. The predicted molar refractivity (Wildman–Crippen MR) is 137 cm³/mol. The Morgan fingerprint density at radius 3 is 2.39 bits per heavy atom. The van der Waals surface area contributed by atoms with Crippen LogP contribution < -0.4 is 20.7 Å². The van der Waals surface area contributed by atoms with Crippen molar-refractivity contribution < 1.29 is 9.53 Å². The maximum absolute atomic E-state index is 11.8. The molecule has 6 nitrogen and oxygen atoms in total. The van der Waals surface area contributed by atoms with Crippen molar-refractivity contribution in [2.75, 3.05) is 19.0 Å². The van der Waals surface area contributed by atoms with Crippen LogP contribution in [0.25, 0.3) is 0 Å². The molecule has 3 rings (SSSR count). The number of nitrogens with zero attached hydrogens (tertiary/aromatic N) is 1. The molecular weight excluding hydrogens is 503 g/mol. The molecule has 3 N–H and O–H groups in total. The number of nitrogens with one attached hydrogen (secondary N) is 3. The number of guanidine groups is 1. The van der Waals surface area contributed by atoms with Gasteiger partial charge < -0.3 is 20.7 Å². The number of aliphatic imine (C=N–C) groups is 1. The first-order valence-electron chi connectivity index (χ1n) is 10.6. The molecule has 0 saturated heterocycles. The van der Waals surface area contributed by atoms with Crippen LogP contribution in [0.5, 0.6) is 5.75 Å². The first-order chi connectivity index (χ1) is 14.5. The van der Waals surface area contributed by atoms with Crippen molar-refractivity contribution in [3.8, 4) is 5.75 Å². The lowest BCUT2D eigenvalue weighted by atomic mass is 10.1. The quantitative estimate of drug-likeness (QED) is 0.250. The zero-order valence-electron chi connectivity index (χ0n) is 18.5. The van der Waals surface area contributed by atoms with E-state index in [4.69, 9.17) is 4.74 Å². The molecule has 1 aliphatic carbocycles. The Hall–Kier alpha value is -2.29. The minimum Gasteiger partial charge on any atom is -0.493 e. The Bertz CT molecular complexity index is 864. The highest BCUT2D eigenvalue weighted by Gasteiger charge is 2.22. The zero-order chi connectivity index (χ0) is 21.3. The number of carbonyl (C=O) groups is 1. The van der Waals surface area contributed by atoms with E-state index in [-0.39, 0.29) is 35.8 Å². The summed E-state index contributed by atoms with van der Waals surface area (Å²) >= 11 is 0. The number of ether oxygens (including phenoxy) is 1. The summed E-state index contributed by atoms with van der Waals surface area (Å²) in [6, 6.07) is 16.0. The van der Waals surface area contributed by atoms with Gasteiger partial charge in [-0.25, -0.2) is 0 Å². The van der Waals surface area contributed by atoms with E-state index in [9.17, 15) is 4.79 Å².